The van der Waals surface area contributed by atoms with E-state index in [1.807, 2.05) is 46.1 Å². The lowest BCUT2D eigenvalue weighted by atomic mass is 10.2. The van der Waals surface area contributed by atoms with Crippen LogP contribution in [0.4, 0.5) is 4.39 Å². The van der Waals surface area contributed by atoms with Crippen molar-refractivity contribution >= 4 is 52.0 Å². The number of rotatable bonds is 3. The first-order valence-electron chi connectivity index (χ1n) is 5.59. The number of hydrogen-bond donors (Lipinski definition) is 1. The van der Waals surface area contributed by atoms with Crippen molar-refractivity contribution in [1.82, 2.24) is 5.32 Å². The quantitative estimate of drug-likeness (QED) is 0.796. The highest BCUT2D eigenvalue weighted by atomic mass is 127. The van der Waals surface area contributed by atoms with Gasteiger partial charge < -0.3 is 5.32 Å². The van der Waals surface area contributed by atoms with E-state index < -0.39 is 0 Å². The van der Waals surface area contributed by atoms with E-state index in [0.29, 0.717) is 20.9 Å². The van der Waals surface area contributed by atoms with E-state index in [1.54, 1.807) is 0 Å². The maximum atomic E-state index is 12.9. The molecule has 2 rings (SSSR count). The first kappa shape index (κ1) is 14.5. The molecule has 1 amide bonds. The maximum Gasteiger partial charge on any atom is 0.252 e. The van der Waals surface area contributed by atoms with Gasteiger partial charge in [0.05, 0.1) is 5.56 Å². The molecule has 2 nitrogen and oxygen atoms in total. The van der Waals surface area contributed by atoms with Crippen LogP contribution in [0, 0.1) is 9.39 Å². The Balaban J connectivity index is 1.90. The third-order valence-electron chi connectivity index (χ3n) is 2.55. The van der Waals surface area contributed by atoms with Crippen LogP contribution in [0.3, 0.4) is 0 Å². The summed E-state index contributed by atoms with van der Waals surface area (Å²) in [6.45, 7) is 0.684. The molecule has 18 heavy (non-hydrogen) atoms. The number of nitrogens with one attached hydrogen (secondary N) is 1. The molecule has 1 aliphatic heterocycles. The molecule has 1 atom stereocenters. The van der Waals surface area contributed by atoms with Crippen LogP contribution in [0.1, 0.15) is 10.4 Å². The second-order valence-corrected chi connectivity index (χ2v) is 7.62. The fraction of sp³-hybridized carbons (Fsp3) is 0.417. The molecule has 1 aromatic carbocycles. The number of carbonyl (C=O) groups excluding carboxylic acids is 1. The Morgan fingerprint density at radius 3 is 3.00 bits per heavy atom. The first-order valence-corrected chi connectivity index (χ1v) is 8.87. The SMILES string of the molecule is O=C(NCC1CSCCS1)c1ccc(F)cc1I. The first-order chi connectivity index (χ1) is 8.66. The summed E-state index contributed by atoms with van der Waals surface area (Å²) in [5.74, 6) is 3.01. The normalized spacial score (nSPS) is 19.6. The van der Waals surface area contributed by atoms with Crippen LogP contribution in [-0.4, -0.2) is 35.0 Å². The van der Waals surface area contributed by atoms with E-state index in [1.165, 1.54) is 24.0 Å². The van der Waals surface area contributed by atoms with Crippen LogP contribution in [-0.2, 0) is 0 Å². The molecule has 98 valence electrons. The number of amides is 1. The predicted octanol–water partition coefficient (Wildman–Crippen LogP) is 3.01. The summed E-state index contributed by atoms with van der Waals surface area (Å²) in [6, 6.07) is 4.23. The van der Waals surface area contributed by atoms with Gasteiger partial charge in [-0.1, -0.05) is 0 Å². The van der Waals surface area contributed by atoms with Gasteiger partial charge in [0.1, 0.15) is 5.82 Å². The third kappa shape index (κ3) is 4.03. The molecule has 1 N–H and O–H groups in total. The van der Waals surface area contributed by atoms with Crippen molar-refractivity contribution in [2.45, 2.75) is 5.25 Å². The lowest BCUT2D eigenvalue weighted by Crippen LogP contribution is -2.33. The standard InChI is InChI=1S/C12H13FINOS2/c13-8-1-2-10(11(14)5-8)12(16)15-6-9-7-17-3-4-18-9/h1-2,5,9H,3-4,6-7H2,(H,15,16). The average molecular weight is 397 g/mol. The fourth-order valence-electron chi connectivity index (χ4n) is 1.63. The Hall–Kier alpha value is 0.0500. The van der Waals surface area contributed by atoms with Gasteiger partial charge in [0.25, 0.3) is 5.91 Å². The van der Waals surface area contributed by atoms with Crippen molar-refractivity contribution < 1.29 is 9.18 Å². The third-order valence-corrected chi connectivity index (χ3v) is 6.29. The minimum atomic E-state index is -0.310. The molecule has 1 unspecified atom stereocenters. The van der Waals surface area contributed by atoms with Crippen LogP contribution in [0.15, 0.2) is 18.2 Å². The number of halogens is 2. The minimum absolute atomic E-state index is 0.115. The summed E-state index contributed by atoms with van der Waals surface area (Å²) in [5, 5.41) is 3.42. The molecular weight excluding hydrogens is 384 g/mol. The summed E-state index contributed by atoms with van der Waals surface area (Å²) < 4.78 is 13.6. The summed E-state index contributed by atoms with van der Waals surface area (Å²) in [4.78, 5) is 12.0. The topological polar surface area (TPSA) is 29.1 Å². The van der Waals surface area contributed by atoms with Crippen LogP contribution in [0.5, 0.6) is 0 Å². The van der Waals surface area contributed by atoms with Gasteiger partial charge in [-0.15, -0.1) is 0 Å². The van der Waals surface area contributed by atoms with Gasteiger partial charge in [-0.25, -0.2) is 4.39 Å². The molecule has 1 fully saturated rings. The van der Waals surface area contributed by atoms with Gasteiger partial charge in [0.2, 0.25) is 0 Å². The molecule has 0 aliphatic carbocycles. The van der Waals surface area contributed by atoms with E-state index in [-0.39, 0.29) is 11.7 Å². The molecule has 0 bridgehead atoms. The van der Waals surface area contributed by atoms with Crippen LogP contribution >= 0.6 is 46.1 Å². The highest BCUT2D eigenvalue weighted by Gasteiger charge is 2.16. The van der Waals surface area contributed by atoms with Crippen molar-refractivity contribution in [2.75, 3.05) is 23.8 Å². The maximum absolute atomic E-state index is 12.9. The van der Waals surface area contributed by atoms with E-state index in [4.69, 9.17) is 0 Å². The molecule has 1 aromatic rings. The zero-order valence-corrected chi connectivity index (χ0v) is 13.4. The van der Waals surface area contributed by atoms with Crippen molar-refractivity contribution in [3.05, 3.63) is 33.1 Å². The van der Waals surface area contributed by atoms with E-state index >= 15 is 0 Å². The molecule has 1 aliphatic rings. The largest absolute Gasteiger partial charge is 0.351 e. The van der Waals surface area contributed by atoms with Crippen molar-refractivity contribution in [3.8, 4) is 0 Å². The highest BCUT2D eigenvalue weighted by Crippen LogP contribution is 2.23. The van der Waals surface area contributed by atoms with Crippen molar-refractivity contribution in [3.63, 3.8) is 0 Å². The van der Waals surface area contributed by atoms with Gasteiger partial charge in [0.15, 0.2) is 0 Å². The van der Waals surface area contributed by atoms with Gasteiger partial charge in [0, 0.05) is 32.6 Å². The van der Waals surface area contributed by atoms with Crippen molar-refractivity contribution in [1.29, 1.82) is 0 Å². The molecule has 0 aromatic heterocycles. The lowest BCUT2D eigenvalue weighted by molar-refractivity contribution is 0.0953. The molecule has 1 heterocycles. The Kier molecular flexibility index (Phi) is 5.62. The summed E-state index contributed by atoms with van der Waals surface area (Å²) >= 11 is 5.83. The van der Waals surface area contributed by atoms with Gasteiger partial charge in [-0.05, 0) is 40.8 Å². The lowest BCUT2D eigenvalue weighted by Gasteiger charge is -2.21. The van der Waals surface area contributed by atoms with Gasteiger partial charge in [-0.2, -0.15) is 23.5 Å². The van der Waals surface area contributed by atoms with Crippen LogP contribution < -0.4 is 5.32 Å². The van der Waals surface area contributed by atoms with E-state index in [0.717, 1.165) is 11.5 Å². The monoisotopic (exact) mass is 397 g/mol. The van der Waals surface area contributed by atoms with Crippen LogP contribution in [0.2, 0.25) is 0 Å². The summed E-state index contributed by atoms with van der Waals surface area (Å²) in [6.07, 6.45) is 0. The average Bonchev–Trinajstić information content (AvgIpc) is 2.37. The number of hydrogen-bond acceptors (Lipinski definition) is 3. The molecule has 6 heteroatoms. The molecule has 1 saturated heterocycles. The predicted molar refractivity (Wildman–Crippen MR) is 85.0 cm³/mol. The minimum Gasteiger partial charge on any atom is -0.351 e. The van der Waals surface area contributed by atoms with E-state index in [2.05, 4.69) is 5.32 Å². The Morgan fingerprint density at radius 2 is 2.33 bits per heavy atom. The Bertz CT molecular complexity index is 438. The second kappa shape index (κ2) is 7.00. The number of benzene rings is 1. The summed E-state index contributed by atoms with van der Waals surface area (Å²) in [5.41, 5.74) is 0.547. The number of thioether (sulfide) groups is 2. The van der Waals surface area contributed by atoms with Gasteiger partial charge in [-0.3, -0.25) is 4.79 Å². The highest BCUT2D eigenvalue weighted by molar-refractivity contribution is 14.1. The Labute approximate surface area is 128 Å². The zero-order valence-electron chi connectivity index (χ0n) is 9.62. The molecule has 0 spiro atoms. The van der Waals surface area contributed by atoms with Crippen LogP contribution in [0.25, 0.3) is 0 Å². The Morgan fingerprint density at radius 1 is 1.50 bits per heavy atom. The molecular formula is C12H13FINOS2. The zero-order chi connectivity index (χ0) is 13.0. The number of carbonyl (C=O) groups is 1. The second-order valence-electron chi connectivity index (χ2n) is 3.90. The van der Waals surface area contributed by atoms with E-state index in [9.17, 15) is 9.18 Å². The molecule has 0 radical (unpaired) electrons. The fourth-order valence-corrected chi connectivity index (χ4v) is 4.96. The van der Waals surface area contributed by atoms with Gasteiger partial charge >= 0.3 is 0 Å². The smallest absolute Gasteiger partial charge is 0.252 e. The summed E-state index contributed by atoms with van der Waals surface area (Å²) in [7, 11) is 0. The molecule has 0 saturated carbocycles. The van der Waals surface area contributed by atoms with Crippen molar-refractivity contribution in [2.24, 2.45) is 0 Å².